The minimum absolute atomic E-state index is 0.197. The summed E-state index contributed by atoms with van der Waals surface area (Å²) in [6, 6.07) is 26.7. The first kappa shape index (κ1) is 32.8. The Morgan fingerprint density at radius 3 is 1.93 bits per heavy atom. The minimum Gasteiger partial charge on any atom is -0.463 e. The fourth-order valence-electron chi connectivity index (χ4n) is 6.71. The number of ether oxygens (including phenoxy) is 2. The van der Waals surface area contributed by atoms with Crippen LogP contribution in [0.25, 0.3) is 0 Å². The largest absolute Gasteiger partial charge is 0.463 e. The normalized spacial score (nSPS) is 17.8. The first-order valence-corrected chi connectivity index (χ1v) is 16.3. The maximum Gasteiger partial charge on any atom is 0.336 e. The summed E-state index contributed by atoms with van der Waals surface area (Å²) in [5, 5.41) is 3.81. The van der Waals surface area contributed by atoms with Gasteiger partial charge in [0.05, 0.1) is 33.7 Å². The smallest absolute Gasteiger partial charge is 0.336 e. The van der Waals surface area contributed by atoms with E-state index in [-0.39, 0.29) is 18.2 Å². The first-order valence-electron chi connectivity index (χ1n) is 15.6. The van der Waals surface area contributed by atoms with E-state index < -0.39 is 17.9 Å². The van der Waals surface area contributed by atoms with Gasteiger partial charge in [-0.2, -0.15) is 0 Å². The van der Waals surface area contributed by atoms with Crippen LogP contribution < -0.4 is 5.32 Å². The molecule has 0 spiro atoms. The second kappa shape index (κ2) is 15.1. The molecule has 5 rings (SSSR count). The van der Waals surface area contributed by atoms with Crippen LogP contribution in [0.1, 0.15) is 62.1 Å². The summed E-state index contributed by atoms with van der Waals surface area (Å²) < 4.78 is 11.3. The summed E-state index contributed by atoms with van der Waals surface area (Å²) in [4.78, 5) is 29.2. The Bertz CT molecular complexity index is 1520. The zero-order chi connectivity index (χ0) is 31.9. The van der Waals surface area contributed by atoms with Gasteiger partial charge in [-0.1, -0.05) is 96.0 Å². The molecule has 1 N–H and O–H groups in total. The molecule has 0 aliphatic carbocycles. The van der Waals surface area contributed by atoms with E-state index in [9.17, 15) is 9.59 Å². The number of benzene rings is 3. The molecule has 8 heteroatoms. The molecular weight excluding hydrogens is 607 g/mol. The van der Waals surface area contributed by atoms with Crippen LogP contribution in [0.5, 0.6) is 0 Å². The van der Waals surface area contributed by atoms with Crippen LogP contribution in [-0.4, -0.2) is 49.7 Å². The van der Waals surface area contributed by atoms with Crippen molar-refractivity contribution >= 4 is 35.1 Å². The average molecular weight is 648 g/mol. The molecule has 0 bridgehead atoms. The van der Waals surface area contributed by atoms with E-state index in [1.54, 1.807) is 39.0 Å². The molecule has 6 nitrogen and oxygen atoms in total. The number of nitrogens with one attached hydrogen (secondary N) is 1. The van der Waals surface area contributed by atoms with Crippen molar-refractivity contribution in [3.8, 4) is 0 Å². The molecule has 0 radical (unpaired) electrons. The van der Waals surface area contributed by atoms with Crippen molar-refractivity contribution in [1.82, 2.24) is 10.2 Å². The number of carbonyl (C=O) groups is 2. The van der Waals surface area contributed by atoms with Gasteiger partial charge in [0.2, 0.25) is 0 Å². The Balaban J connectivity index is 1.26. The number of nitrogens with zero attached hydrogens (tertiary/aromatic N) is 1. The Morgan fingerprint density at radius 1 is 0.822 bits per heavy atom. The molecule has 2 heterocycles. The Morgan fingerprint density at radius 2 is 1.38 bits per heavy atom. The zero-order valence-corrected chi connectivity index (χ0v) is 27.5. The van der Waals surface area contributed by atoms with Crippen LogP contribution in [0.3, 0.4) is 0 Å². The van der Waals surface area contributed by atoms with E-state index in [4.69, 9.17) is 32.7 Å². The predicted octanol–water partition coefficient (Wildman–Crippen LogP) is 7.88. The van der Waals surface area contributed by atoms with Gasteiger partial charge in [-0.05, 0) is 75.4 Å². The number of piperidine rings is 1. The summed E-state index contributed by atoms with van der Waals surface area (Å²) >= 11 is 13.0. The summed E-state index contributed by atoms with van der Waals surface area (Å²) in [6.45, 7) is 8.24. The number of carbonyl (C=O) groups excluding carboxylic acids is 2. The van der Waals surface area contributed by atoms with Crippen molar-refractivity contribution in [2.45, 2.75) is 45.4 Å². The van der Waals surface area contributed by atoms with E-state index in [0.717, 1.165) is 25.9 Å². The molecule has 0 aromatic heterocycles. The van der Waals surface area contributed by atoms with Crippen molar-refractivity contribution < 1.29 is 19.1 Å². The lowest BCUT2D eigenvalue weighted by Crippen LogP contribution is -2.38. The number of rotatable bonds is 10. The molecule has 45 heavy (non-hydrogen) atoms. The molecule has 2 aliphatic heterocycles. The minimum atomic E-state index is -0.785. The molecule has 3 aromatic rings. The van der Waals surface area contributed by atoms with Crippen LogP contribution >= 0.6 is 23.2 Å². The lowest BCUT2D eigenvalue weighted by atomic mass is 9.76. The third-order valence-corrected chi connectivity index (χ3v) is 9.66. The quantitative estimate of drug-likeness (QED) is 0.226. The van der Waals surface area contributed by atoms with Crippen LogP contribution in [0.15, 0.2) is 101 Å². The highest BCUT2D eigenvalue weighted by atomic mass is 35.5. The molecule has 2 aliphatic rings. The Kier molecular flexibility index (Phi) is 11.0. The second-order valence-corrected chi connectivity index (χ2v) is 12.4. The van der Waals surface area contributed by atoms with Gasteiger partial charge in [0.15, 0.2) is 0 Å². The van der Waals surface area contributed by atoms with Crippen LogP contribution in [-0.2, 0) is 19.1 Å². The van der Waals surface area contributed by atoms with Crippen molar-refractivity contribution in [3.63, 3.8) is 0 Å². The number of hydrogen-bond acceptors (Lipinski definition) is 6. The second-order valence-electron chi connectivity index (χ2n) is 11.6. The summed E-state index contributed by atoms with van der Waals surface area (Å²) in [5.74, 6) is -0.935. The fraction of sp³-hybridized carbons (Fsp3) is 0.351. The van der Waals surface area contributed by atoms with Crippen molar-refractivity contribution in [1.29, 1.82) is 0 Å². The molecule has 236 valence electrons. The lowest BCUT2D eigenvalue weighted by Gasteiger charge is -2.36. The number of allylic oxidation sites excluding steroid dienone is 2. The van der Waals surface area contributed by atoms with Crippen LogP contribution in [0.2, 0.25) is 10.0 Å². The van der Waals surface area contributed by atoms with Gasteiger partial charge in [0.1, 0.15) is 6.61 Å². The lowest BCUT2D eigenvalue weighted by molar-refractivity contribution is -0.140. The van der Waals surface area contributed by atoms with Crippen LogP contribution in [0, 0.1) is 5.92 Å². The monoisotopic (exact) mass is 646 g/mol. The SMILES string of the molecule is CCOC(=O)C1=C(C)NC(C)=C(C(=O)OCCN2CCC(C(c3ccccc3)c3ccccc3)CC2)C1c1cccc(Cl)c1Cl. The van der Waals surface area contributed by atoms with Gasteiger partial charge in [-0.25, -0.2) is 9.59 Å². The fourth-order valence-corrected chi connectivity index (χ4v) is 7.13. The number of esters is 2. The molecular formula is C37H40Cl2N2O4. The molecule has 0 amide bonds. The molecule has 1 saturated heterocycles. The third kappa shape index (κ3) is 7.46. The van der Waals surface area contributed by atoms with E-state index in [2.05, 4.69) is 70.9 Å². The molecule has 1 fully saturated rings. The molecule has 1 unspecified atom stereocenters. The Labute approximate surface area is 276 Å². The third-order valence-electron chi connectivity index (χ3n) is 8.83. The average Bonchev–Trinajstić information content (AvgIpc) is 3.04. The highest BCUT2D eigenvalue weighted by molar-refractivity contribution is 6.42. The van der Waals surface area contributed by atoms with E-state index in [1.807, 2.05) is 0 Å². The van der Waals surface area contributed by atoms with Gasteiger partial charge in [-0.15, -0.1) is 0 Å². The van der Waals surface area contributed by atoms with E-state index >= 15 is 0 Å². The number of dihydropyridines is 1. The standard InChI is InChI=1S/C37H40Cl2N2O4/c1-4-44-36(42)31-24(2)40-25(3)32(34(31)29-16-11-17-30(38)35(29)39)37(43)45-23-22-41-20-18-28(19-21-41)33(26-12-7-5-8-13-26)27-14-9-6-10-15-27/h5-17,28,33-34,40H,4,18-23H2,1-3H3. The van der Waals surface area contributed by atoms with E-state index in [0.29, 0.717) is 51.5 Å². The summed E-state index contributed by atoms with van der Waals surface area (Å²) in [7, 11) is 0. The van der Waals surface area contributed by atoms with Gasteiger partial charge >= 0.3 is 11.9 Å². The number of hydrogen-bond donors (Lipinski definition) is 1. The maximum absolute atomic E-state index is 13.7. The highest BCUT2D eigenvalue weighted by Crippen LogP contribution is 2.43. The predicted molar refractivity (Wildman–Crippen MR) is 179 cm³/mol. The summed E-state index contributed by atoms with van der Waals surface area (Å²) in [5.41, 5.74) is 5.07. The van der Waals surface area contributed by atoms with Gasteiger partial charge < -0.3 is 14.8 Å². The van der Waals surface area contributed by atoms with Crippen molar-refractivity contribution in [2.24, 2.45) is 5.92 Å². The van der Waals surface area contributed by atoms with Gasteiger partial charge in [0, 0.05) is 23.9 Å². The number of halogens is 2. The summed E-state index contributed by atoms with van der Waals surface area (Å²) in [6.07, 6.45) is 2.11. The van der Waals surface area contributed by atoms with Crippen molar-refractivity contribution in [2.75, 3.05) is 32.8 Å². The topological polar surface area (TPSA) is 67.9 Å². The Hall–Kier alpha value is -3.58. The zero-order valence-electron chi connectivity index (χ0n) is 26.0. The van der Waals surface area contributed by atoms with E-state index in [1.165, 1.54) is 11.1 Å². The first-order chi connectivity index (χ1) is 21.8. The molecule has 1 atom stereocenters. The maximum atomic E-state index is 13.7. The van der Waals surface area contributed by atoms with Crippen molar-refractivity contribution in [3.05, 3.63) is 128 Å². The van der Waals surface area contributed by atoms with Gasteiger partial charge in [-0.3, -0.25) is 4.90 Å². The number of likely N-dealkylation sites (tertiary alicyclic amines) is 1. The highest BCUT2D eigenvalue weighted by Gasteiger charge is 2.39. The molecule has 3 aromatic carbocycles. The van der Waals surface area contributed by atoms with Gasteiger partial charge in [0.25, 0.3) is 0 Å². The van der Waals surface area contributed by atoms with Crippen LogP contribution in [0.4, 0.5) is 0 Å². The molecule has 0 saturated carbocycles.